The van der Waals surface area contributed by atoms with Gasteiger partial charge in [0.25, 0.3) is 0 Å². The lowest BCUT2D eigenvalue weighted by Gasteiger charge is -2.13. The summed E-state index contributed by atoms with van der Waals surface area (Å²) in [7, 11) is 0. The minimum atomic E-state index is -4.88. The van der Waals surface area contributed by atoms with Crippen molar-refractivity contribution in [2.75, 3.05) is 0 Å². The predicted molar refractivity (Wildman–Crippen MR) is 48.9 cm³/mol. The van der Waals surface area contributed by atoms with Crippen molar-refractivity contribution >= 4 is 12.6 Å². The highest BCUT2D eigenvalue weighted by Gasteiger charge is 2.34. The lowest BCUT2D eigenvalue weighted by Crippen LogP contribution is -2.12. The van der Waals surface area contributed by atoms with Crippen molar-refractivity contribution in [2.24, 2.45) is 0 Å². The fourth-order valence-corrected chi connectivity index (χ4v) is 1.25. The summed E-state index contributed by atoms with van der Waals surface area (Å²) in [4.78, 5) is 21.0. The van der Waals surface area contributed by atoms with Crippen LogP contribution in [0.2, 0.25) is 0 Å². The van der Waals surface area contributed by atoms with Crippen molar-refractivity contribution in [3.05, 3.63) is 28.8 Å². The molecule has 0 spiro atoms. The van der Waals surface area contributed by atoms with E-state index in [1.54, 1.807) is 0 Å². The van der Waals surface area contributed by atoms with E-state index in [1.165, 1.54) is 0 Å². The van der Waals surface area contributed by atoms with Gasteiger partial charge in [-0.2, -0.15) is 22.0 Å². The molecule has 0 atom stereocenters. The molecule has 98 valence electrons. The number of carbonyl (C=O) groups is 2. The molecule has 0 saturated heterocycles. The number of halogens is 5. The number of hydrogen-bond donors (Lipinski definition) is 0. The fraction of sp³-hybridized carbons (Fsp3) is 0.200. The normalized spacial score (nSPS) is 11.4. The molecule has 18 heavy (non-hydrogen) atoms. The fourth-order valence-electron chi connectivity index (χ4n) is 1.25. The predicted octanol–water partition coefficient (Wildman–Crippen LogP) is 2.93. The first kappa shape index (κ1) is 14.1. The summed E-state index contributed by atoms with van der Waals surface area (Å²) in [6.45, 7) is -3.32. The van der Waals surface area contributed by atoms with Gasteiger partial charge in [0, 0.05) is 5.56 Å². The van der Waals surface area contributed by atoms with E-state index in [0.717, 1.165) is 0 Å². The van der Waals surface area contributed by atoms with Gasteiger partial charge in [-0.25, -0.2) is 0 Å². The van der Waals surface area contributed by atoms with E-state index < -0.39 is 35.2 Å². The summed E-state index contributed by atoms with van der Waals surface area (Å²) in [6.07, 6.45) is -5.10. The van der Waals surface area contributed by atoms with E-state index in [4.69, 9.17) is 0 Å². The standard InChI is InChI=1S/C10H5F5O3/c11-9(12)18-8-2-5(3-16)7(10(13,14)15)1-6(8)4-17/h1-4,9H. The highest BCUT2D eigenvalue weighted by Crippen LogP contribution is 2.35. The van der Waals surface area contributed by atoms with Crippen LogP contribution in [0.25, 0.3) is 0 Å². The monoisotopic (exact) mass is 268 g/mol. The van der Waals surface area contributed by atoms with E-state index in [2.05, 4.69) is 4.74 Å². The van der Waals surface area contributed by atoms with Crippen molar-refractivity contribution in [1.82, 2.24) is 0 Å². The molecule has 0 radical (unpaired) electrons. The first-order valence-corrected chi connectivity index (χ1v) is 4.40. The average molecular weight is 268 g/mol. The Labute approximate surface area is 97.2 Å². The van der Waals surface area contributed by atoms with Gasteiger partial charge in [-0.3, -0.25) is 9.59 Å². The first-order valence-electron chi connectivity index (χ1n) is 4.40. The van der Waals surface area contributed by atoms with Gasteiger partial charge >= 0.3 is 12.8 Å². The van der Waals surface area contributed by atoms with Gasteiger partial charge < -0.3 is 4.74 Å². The quantitative estimate of drug-likeness (QED) is 0.623. The third kappa shape index (κ3) is 3.02. The van der Waals surface area contributed by atoms with Gasteiger partial charge in [0.15, 0.2) is 12.6 Å². The summed E-state index contributed by atoms with van der Waals surface area (Å²) in [6, 6.07) is 0.736. The van der Waals surface area contributed by atoms with Gasteiger partial charge in [-0.1, -0.05) is 0 Å². The minimum absolute atomic E-state index is 0.0679. The Morgan fingerprint density at radius 1 is 1.06 bits per heavy atom. The maximum absolute atomic E-state index is 12.5. The summed E-state index contributed by atoms with van der Waals surface area (Å²) in [5.41, 5.74) is -2.99. The second kappa shape index (κ2) is 5.11. The number of benzene rings is 1. The van der Waals surface area contributed by atoms with Crippen LogP contribution in [0.1, 0.15) is 26.3 Å². The van der Waals surface area contributed by atoms with Crippen molar-refractivity contribution in [3.63, 3.8) is 0 Å². The maximum Gasteiger partial charge on any atom is 0.417 e. The lowest BCUT2D eigenvalue weighted by molar-refractivity contribution is -0.137. The number of hydrogen-bond acceptors (Lipinski definition) is 3. The molecule has 0 heterocycles. The van der Waals surface area contributed by atoms with Gasteiger partial charge in [-0.15, -0.1) is 0 Å². The Morgan fingerprint density at radius 2 is 1.61 bits per heavy atom. The van der Waals surface area contributed by atoms with E-state index in [9.17, 15) is 31.5 Å². The molecule has 0 amide bonds. The average Bonchev–Trinajstić information content (AvgIpc) is 2.26. The van der Waals surface area contributed by atoms with Crippen molar-refractivity contribution in [1.29, 1.82) is 0 Å². The minimum Gasteiger partial charge on any atom is -0.434 e. The Hall–Kier alpha value is -1.99. The molecule has 8 heteroatoms. The topological polar surface area (TPSA) is 43.4 Å². The summed E-state index contributed by atoms with van der Waals surface area (Å²) >= 11 is 0. The van der Waals surface area contributed by atoms with Crippen LogP contribution in [-0.4, -0.2) is 19.2 Å². The summed E-state index contributed by atoms with van der Waals surface area (Å²) < 4.78 is 65.2. The van der Waals surface area contributed by atoms with Crippen molar-refractivity contribution in [2.45, 2.75) is 12.8 Å². The number of ether oxygens (including phenoxy) is 1. The molecular formula is C10H5F5O3. The van der Waals surface area contributed by atoms with Gasteiger partial charge in [0.05, 0.1) is 11.1 Å². The number of rotatable bonds is 4. The van der Waals surface area contributed by atoms with E-state index in [1.807, 2.05) is 0 Å². The van der Waals surface area contributed by atoms with Crippen LogP contribution >= 0.6 is 0 Å². The SMILES string of the molecule is O=Cc1cc(C(F)(F)F)c(C=O)cc1OC(F)F. The highest BCUT2D eigenvalue weighted by molar-refractivity contribution is 5.85. The molecule has 0 fully saturated rings. The molecule has 1 rings (SSSR count). The molecule has 0 bridgehead atoms. The lowest BCUT2D eigenvalue weighted by atomic mass is 10.0. The molecule has 0 saturated carbocycles. The third-order valence-corrected chi connectivity index (χ3v) is 1.96. The van der Waals surface area contributed by atoms with Gasteiger partial charge in [-0.05, 0) is 12.1 Å². The molecule has 3 nitrogen and oxygen atoms in total. The Bertz CT molecular complexity index is 467. The second-order valence-corrected chi connectivity index (χ2v) is 3.09. The van der Waals surface area contributed by atoms with E-state index >= 15 is 0 Å². The molecule has 0 aliphatic rings. The largest absolute Gasteiger partial charge is 0.434 e. The van der Waals surface area contributed by atoms with Crippen LogP contribution in [0.4, 0.5) is 22.0 Å². The molecule has 0 N–H and O–H groups in total. The molecular weight excluding hydrogens is 263 g/mol. The van der Waals surface area contributed by atoms with Crippen molar-refractivity contribution in [3.8, 4) is 5.75 Å². The third-order valence-electron chi connectivity index (χ3n) is 1.96. The Kier molecular flexibility index (Phi) is 4.00. The van der Waals surface area contributed by atoms with Crippen LogP contribution in [0, 0.1) is 0 Å². The molecule has 0 aliphatic carbocycles. The maximum atomic E-state index is 12.5. The van der Waals surface area contributed by atoms with Crippen molar-refractivity contribution < 1.29 is 36.3 Å². The number of carbonyl (C=O) groups excluding carboxylic acids is 2. The van der Waals surface area contributed by atoms with Gasteiger partial charge in [0.1, 0.15) is 5.75 Å². The Balaban J connectivity index is 3.41. The Morgan fingerprint density at radius 3 is 2.00 bits per heavy atom. The van der Waals surface area contributed by atoms with Gasteiger partial charge in [0.2, 0.25) is 0 Å². The zero-order valence-corrected chi connectivity index (χ0v) is 8.50. The summed E-state index contributed by atoms with van der Waals surface area (Å²) in [5.74, 6) is -0.782. The van der Waals surface area contributed by atoms with Crippen LogP contribution in [-0.2, 0) is 6.18 Å². The number of aldehydes is 2. The molecule has 0 aromatic heterocycles. The summed E-state index contributed by atoms with van der Waals surface area (Å²) in [5, 5.41) is 0. The second-order valence-electron chi connectivity index (χ2n) is 3.09. The zero-order chi connectivity index (χ0) is 13.9. The molecule has 1 aromatic rings. The number of alkyl halides is 5. The molecule has 0 aliphatic heterocycles. The zero-order valence-electron chi connectivity index (χ0n) is 8.50. The van der Waals surface area contributed by atoms with E-state index in [-0.39, 0.29) is 18.6 Å². The van der Waals surface area contributed by atoms with Crippen LogP contribution in [0.15, 0.2) is 12.1 Å². The molecule has 1 aromatic carbocycles. The van der Waals surface area contributed by atoms with Crippen LogP contribution in [0.5, 0.6) is 5.75 Å². The van der Waals surface area contributed by atoms with Crippen LogP contribution < -0.4 is 4.74 Å². The smallest absolute Gasteiger partial charge is 0.417 e. The van der Waals surface area contributed by atoms with Crippen LogP contribution in [0.3, 0.4) is 0 Å². The highest BCUT2D eigenvalue weighted by atomic mass is 19.4. The molecule has 0 unspecified atom stereocenters. The first-order chi connectivity index (χ1) is 8.29. The van der Waals surface area contributed by atoms with E-state index in [0.29, 0.717) is 6.07 Å².